The molecular weight excluding hydrogens is 312 g/mol. The second-order valence-corrected chi connectivity index (χ2v) is 5.69. The third-order valence-electron chi connectivity index (χ3n) is 2.76. The van der Waals surface area contributed by atoms with Crippen molar-refractivity contribution in [2.24, 2.45) is 0 Å². The number of rotatable bonds is 4. The van der Waals surface area contributed by atoms with Crippen LogP contribution in [0.25, 0.3) is 0 Å². The lowest BCUT2D eigenvalue weighted by atomic mass is 10.0. The molecule has 0 aliphatic rings. The molecule has 0 radical (unpaired) electrons. The van der Waals surface area contributed by atoms with E-state index in [4.69, 9.17) is 4.74 Å². The third-order valence-corrected chi connectivity index (χ3v) is 4.13. The van der Waals surface area contributed by atoms with Gasteiger partial charge in [-0.15, -0.1) is 0 Å². The SMILES string of the molecule is CCOc1ccc(Br)cc1C(O)c1cscc1C. The van der Waals surface area contributed by atoms with Crippen LogP contribution in [-0.4, -0.2) is 11.7 Å². The van der Waals surface area contributed by atoms with E-state index in [1.165, 1.54) is 0 Å². The number of aliphatic hydroxyl groups is 1. The lowest BCUT2D eigenvalue weighted by Crippen LogP contribution is -2.04. The van der Waals surface area contributed by atoms with E-state index in [0.717, 1.165) is 26.9 Å². The number of ether oxygens (including phenoxy) is 1. The summed E-state index contributed by atoms with van der Waals surface area (Å²) in [6.07, 6.45) is -0.643. The van der Waals surface area contributed by atoms with E-state index >= 15 is 0 Å². The maximum Gasteiger partial charge on any atom is 0.125 e. The van der Waals surface area contributed by atoms with E-state index in [1.807, 2.05) is 42.8 Å². The van der Waals surface area contributed by atoms with Crippen LogP contribution in [0.15, 0.2) is 33.4 Å². The first-order valence-electron chi connectivity index (χ1n) is 5.76. The van der Waals surface area contributed by atoms with E-state index in [9.17, 15) is 5.11 Å². The Hall–Kier alpha value is -0.840. The minimum atomic E-state index is -0.643. The molecule has 0 saturated carbocycles. The smallest absolute Gasteiger partial charge is 0.125 e. The summed E-state index contributed by atoms with van der Waals surface area (Å²) in [6.45, 7) is 4.53. The summed E-state index contributed by atoms with van der Waals surface area (Å²) in [6, 6.07) is 5.71. The van der Waals surface area contributed by atoms with Gasteiger partial charge in [-0.3, -0.25) is 0 Å². The van der Waals surface area contributed by atoms with Gasteiger partial charge in [-0.25, -0.2) is 0 Å². The fourth-order valence-corrected chi connectivity index (χ4v) is 3.09. The number of aryl methyl sites for hydroxylation is 1. The molecule has 2 aromatic rings. The quantitative estimate of drug-likeness (QED) is 0.907. The average molecular weight is 327 g/mol. The summed E-state index contributed by atoms with van der Waals surface area (Å²) >= 11 is 5.03. The number of aliphatic hydroxyl groups excluding tert-OH is 1. The van der Waals surface area contributed by atoms with Gasteiger partial charge < -0.3 is 9.84 Å². The zero-order valence-corrected chi connectivity index (χ0v) is 12.7. The highest BCUT2D eigenvalue weighted by molar-refractivity contribution is 9.10. The standard InChI is InChI=1S/C14H15BrO2S/c1-3-17-13-5-4-10(15)6-11(13)14(16)12-8-18-7-9(12)2/h4-8,14,16H,3H2,1-2H3. The average Bonchev–Trinajstić information content (AvgIpc) is 2.77. The molecular formula is C14H15BrO2S. The second-order valence-electron chi connectivity index (χ2n) is 4.03. The first-order valence-corrected chi connectivity index (χ1v) is 7.50. The molecule has 1 aromatic heterocycles. The van der Waals surface area contributed by atoms with Crippen LogP contribution in [0.1, 0.15) is 29.7 Å². The largest absolute Gasteiger partial charge is 0.493 e. The number of thiophene rings is 1. The Morgan fingerprint density at radius 3 is 2.72 bits per heavy atom. The van der Waals surface area contributed by atoms with Gasteiger partial charge in [0.05, 0.1) is 6.61 Å². The number of benzene rings is 1. The van der Waals surface area contributed by atoms with E-state index in [2.05, 4.69) is 15.9 Å². The van der Waals surface area contributed by atoms with Crippen molar-refractivity contribution >= 4 is 27.3 Å². The van der Waals surface area contributed by atoms with Crippen molar-refractivity contribution in [3.05, 3.63) is 50.1 Å². The van der Waals surface area contributed by atoms with Gasteiger partial charge >= 0.3 is 0 Å². The zero-order chi connectivity index (χ0) is 13.1. The molecule has 0 bridgehead atoms. The van der Waals surface area contributed by atoms with Gasteiger partial charge in [0.1, 0.15) is 11.9 Å². The molecule has 1 unspecified atom stereocenters. The van der Waals surface area contributed by atoms with Crippen molar-refractivity contribution in [2.45, 2.75) is 20.0 Å². The van der Waals surface area contributed by atoms with Crippen LogP contribution >= 0.6 is 27.3 Å². The lowest BCUT2D eigenvalue weighted by Gasteiger charge is -2.16. The number of hydrogen-bond acceptors (Lipinski definition) is 3. The van der Waals surface area contributed by atoms with Crippen LogP contribution in [0.5, 0.6) is 5.75 Å². The molecule has 1 atom stereocenters. The summed E-state index contributed by atoms with van der Waals surface area (Å²) in [5.74, 6) is 0.735. The van der Waals surface area contributed by atoms with E-state index in [0.29, 0.717) is 6.61 Å². The monoisotopic (exact) mass is 326 g/mol. The Balaban J connectivity index is 2.43. The lowest BCUT2D eigenvalue weighted by molar-refractivity contribution is 0.211. The first-order chi connectivity index (χ1) is 8.63. The highest BCUT2D eigenvalue weighted by atomic mass is 79.9. The van der Waals surface area contributed by atoms with Crippen LogP contribution in [0.3, 0.4) is 0 Å². The van der Waals surface area contributed by atoms with Crippen LogP contribution in [-0.2, 0) is 0 Å². The Kier molecular flexibility index (Phi) is 4.43. The van der Waals surface area contributed by atoms with Crippen LogP contribution in [0, 0.1) is 6.92 Å². The molecule has 0 saturated heterocycles. The van der Waals surface area contributed by atoms with Gasteiger partial charge in [-0.1, -0.05) is 15.9 Å². The van der Waals surface area contributed by atoms with Crippen LogP contribution in [0.2, 0.25) is 0 Å². The van der Waals surface area contributed by atoms with Crippen LogP contribution in [0.4, 0.5) is 0 Å². The van der Waals surface area contributed by atoms with E-state index in [-0.39, 0.29) is 0 Å². The molecule has 0 amide bonds. The van der Waals surface area contributed by atoms with Gasteiger partial charge in [0, 0.05) is 10.0 Å². The van der Waals surface area contributed by atoms with Crippen molar-refractivity contribution in [1.82, 2.24) is 0 Å². The molecule has 4 heteroatoms. The Morgan fingerprint density at radius 1 is 1.33 bits per heavy atom. The summed E-state index contributed by atoms with van der Waals surface area (Å²) < 4.78 is 6.51. The molecule has 0 aliphatic heterocycles. The van der Waals surface area contributed by atoms with E-state index < -0.39 is 6.10 Å². The third kappa shape index (κ3) is 2.76. The van der Waals surface area contributed by atoms with E-state index in [1.54, 1.807) is 11.3 Å². The maximum absolute atomic E-state index is 10.5. The topological polar surface area (TPSA) is 29.5 Å². The normalized spacial score (nSPS) is 12.4. The van der Waals surface area contributed by atoms with Crippen molar-refractivity contribution in [1.29, 1.82) is 0 Å². The fourth-order valence-electron chi connectivity index (χ4n) is 1.84. The summed E-state index contributed by atoms with van der Waals surface area (Å²) in [7, 11) is 0. The molecule has 18 heavy (non-hydrogen) atoms. The molecule has 0 spiro atoms. The number of hydrogen-bond donors (Lipinski definition) is 1. The Bertz CT molecular complexity index is 536. The highest BCUT2D eigenvalue weighted by Crippen LogP contribution is 2.34. The van der Waals surface area contributed by atoms with Crippen molar-refractivity contribution in [2.75, 3.05) is 6.61 Å². The Labute approximate surface area is 119 Å². The predicted octanol–water partition coefficient (Wildman–Crippen LogP) is 4.30. The minimum absolute atomic E-state index is 0.587. The van der Waals surface area contributed by atoms with Gasteiger partial charge in [-0.2, -0.15) is 11.3 Å². The molecule has 0 aliphatic carbocycles. The fraction of sp³-hybridized carbons (Fsp3) is 0.286. The van der Waals surface area contributed by atoms with Gasteiger partial charge in [0.15, 0.2) is 0 Å². The predicted molar refractivity (Wildman–Crippen MR) is 78.4 cm³/mol. The second kappa shape index (κ2) is 5.87. The molecule has 96 valence electrons. The van der Waals surface area contributed by atoms with Gasteiger partial charge in [-0.05, 0) is 53.9 Å². The zero-order valence-electron chi connectivity index (χ0n) is 10.3. The summed E-state index contributed by atoms with van der Waals surface area (Å²) in [5.41, 5.74) is 2.85. The number of halogens is 1. The maximum atomic E-state index is 10.5. The molecule has 1 heterocycles. The molecule has 0 fully saturated rings. The van der Waals surface area contributed by atoms with Gasteiger partial charge in [0.25, 0.3) is 0 Å². The molecule has 1 aromatic carbocycles. The van der Waals surface area contributed by atoms with Crippen molar-refractivity contribution in [3.8, 4) is 5.75 Å². The van der Waals surface area contributed by atoms with Crippen molar-refractivity contribution < 1.29 is 9.84 Å². The molecule has 1 N–H and O–H groups in total. The Morgan fingerprint density at radius 2 is 2.11 bits per heavy atom. The summed E-state index contributed by atoms with van der Waals surface area (Å²) in [4.78, 5) is 0. The summed E-state index contributed by atoms with van der Waals surface area (Å²) in [5, 5.41) is 14.5. The molecule has 2 rings (SSSR count). The van der Waals surface area contributed by atoms with Gasteiger partial charge in [0.2, 0.25) is 0 Å². The highest BCUT2D eigenvalue weighted by Gasteiger charge is 2.18. The minimum Gasteiger partial charge on any atom is -0.493 e. The molecule has 2 nitrogen and oxygen atoms in total. The first kappa shape index (κ1) is 13.6. The van der Waals surface area contributed by atoms with Crippen molar-refractivity contribution in [3.63, 3.8) is 0 Å². The van der Waals surface area contributed by atoms with Crippen LogP contribution < -0.4 is 4.74 Å².